The second-order valence-electron chi connectivity index (χ2n) is 6.83. The first-order valence-corrected chi connectivity index (χ1v) is 7.97. The van der Waals surface area contributed by atoms with E-state index >= 15 is 0 Å². The number of ether oxygens (including phenoxy) is 2. The Bertz CT molecular complexity index is 587. The number of hydrogen-bond acceptors (Lipinski definition) is 5. The number of carbonyl (C=O) groups excluding carboxylic acids is 1. The van der Waals surface area contributed by atoms with Crippen molar-refractivity contribution < 1.29 is 28.0 Å². The van der Waals surface area contributed by atoms with E-state index in [0.29, 0.717) is 11.0 Å². The molecule has 0 spiro atoms. The molecule has 0 amide bonds. The van der Waals surface area contributed by atoms with Gasteiger partial charge in [0.15, 0.2) is 0 Å². The van der Waals surface area contributed by atoms with Gasteiger partial charge < -0.3 is 18.8 Å². The van der Waals surface area contributed by atoms with Gasteiger partial charge in [-0.3, -0.25) is 4.79 Å². The van der Waals surface area contributed by atoms with E-state index in [1.807, 2.05) is 27.7 Å². The van der Waals surface area contributed by atoms with Gasteiger partial charge in [0.2, 0.25) is 0 Å². The number of rotatable bonds is 6. The Kier molecular flexibility index (Phi) is 5.68. The van der Waals surface area contributed by atoms with Gasteiger partial charge in [-0.15, -0.1) is 0 Å². The van der Waals surface area contributed by atoms with E-state index in [9.17, 15) is 9.18 Å². The normalized spacial score (nSPS) is 18.7. The van der Waals surface area contributed by atoms with Gasteiger partial charge in [0.05, 0.1) is 24.4 Å². The van der Waals surface area contributed by atoms with Crippen molar-refractivity contribution in [2.75, 3.05) is 13.2 Å². The molecule has 1 aliphatic rings. The quantitative estimate of drug-likeness (QED) is 0.452. The Morgan fingerprint density at radius 3 is 2.33 bits per heavy atom. The fourth-order valence-electron chi connectivity index (χ4n) is 2.23. The lowest BCUT2D eigenvalue weighted by Gasteiger charge is -2.32. The van der Waals surface area contributed by atoms with Crippen LogP contribution in [0.25, 0.3) is 0 Å². The lowest BCUT2D eigenvalue weighted by molar-refractivity contribution is -0.142. The molecule has 2 rings (SSSR count). The van der Waals surface area contributed by atoms with Crippen LogP contribution >= 0.6 is 0 Å². The first-order valence-electron chi connectivity index (χ1n) is 7.97. The molecule has 1 aromatic rings. The van der Waals surface area contributed by atoms with Crippen molar-refractivity contribution in [3.63, 3.8) is 0 Å². The fraction of sp³-hybridized carbons (Fsp3) is 0.588. The first-order chi connectivity index (χ1) is 11.1. The van der Waals surface area contributed by atoms with Crippen LogP contribution in [0.2, 0.25) is 0 Å². The number of esters is 1. The molecule has 24 heavy (non-hydrogen) atoms. The highest BCUT2D eigenvalue weighted by Gasteiger charge is 2.51. The smallest absolute Gasteiger partial charge is 0.463 e. The molecule has 7 heteroatoms. The van der Waals surface area contributed by atoms with E-state index < -0.39 is 18.3 Å². The van der Waals surface area contributed by atoms with Crippen molar-refractivity contribution in [3.8, 4) is 0 Å². The van der Waals surface area contributed by atoms with Crippen molar-refractivity contribution in [2.24, 2.45) is 0 Å². The van der Waals surface area contributed by atoms with E-state index in [1.165, 1.54) is 13.0 Å². The maximum absolute atomic E-state index is 14.2. The molecule has 1 aliphatic heterocycles. The van der Waals surface area contributed by atoms with Crippen LogP contribution in [0, 0.1) is 5.82 Å². The summed E-state index contributed by atoms with van der Waals surface area (Å²) < 4.78 is 36.1. The Labute approximate surface area is 142 Å². The second kappa shape index (κ2) is 7.21. The molecule has 5 nitrogen and oxygen atoms in total. The summed E-state index contributed by atoms with van der Waals surface area (Å²) in [5.41, 5.74) is 0.132. The maximum atomic E-state index is 14.2. The summed E-state index contributed by atoms with van der Waals surface area (Å²) in [6.45, 7) is 9.62. The molecule has 0 atom stereocenters. The Hall–Kier alpha value is -1.44. The summed E-state index contributed by atoms with van der Waals surface area (Å²) >= 11 is 0. The molecule has 0 unspecified atom stereocenters. The zero-order valence-corrected chi connectivity index (χ0v) is 14.8. The van der Waals surface area contributed by atoms with Crippen molar-refractivity contribution in [2.45, 2.75) is 52.4 Å². The number of carbonyl (C=O) groups is 1. The monoisotopic (exact) mass is 338 g/mol. The predicted molar refractivity (Wildman–Crippen MR) is 88.4 cm³/mol. The summed E-state index contributed by atoms with van der Waals surface area (Å²) in [6.07, 6.45) is 0. The van der Waals surface area contributed by atoms with Gasteiger partial charge in [-0.2, -0.15) is 0 Å². The standard InChI is InChI=1S/C17H24BFO5/c1-12(20)22-9-8-21-11-13-6-7-14(10-15(13)19)18-23-16(2,3)17(4,5)24-18/h6-7,10H,8-9,11H2,1-5H3. The fourth-order valence-corrected chi connectivity index (χ4v) is 2.23. The van der Waals surface area contributed by atoms with Gasteiger partial charge >= 0.3 is 13.1 Å². The van der Waals surface area contributed by atoms with Crippen LogP contribution in [-0.2, 0) is 30.2 Å². The first kappa shape index (κ1) is 18.9. The average Bonchev–Trinajstić information content (AvgIpc) is 2.68. The molecule has 1 heterocycles. The molecule has 1 saturated heterocycles. The largest absolute Gasteiger partial charge is 0.494 e. The third-order valence-electron chi connectivity index (χ3n) is 4.39. The molecule has 0 saturated carbocycles. The van der Waals surface area contributed by atoms with E-state index in [2.05, 4.69) is 0 Å². The molecule has 0 radical (unpaired) electrons. The molecule has 0 bridgehead atoms. The van der Waals surface area contributed by atoms with Gasteiger partial charge in [-0.1, -0.05) is 12.1 Å². The molecular weight excluding hydrogens is 314 g/mol. The van der Waals surface area contributed by atoms with Gasteiger partial charge in [-0.05, 0) is 39.2 Å². The van der Waals surface area contributed by atoms with Gasteiger partial charge in [0.1, 0.15) is 12.4 Å². The van der Waals surface area contributed by atoms with Crippen LogP contribution in [0.5, 0.6) is 0 Å². The third-order valence-corrected chi connectivity index (χ3v) is 4.39. The van der Waals surface area contributed by atoms with Gasteiger partial charge in [-0.25, -0.2) is 4.39 Å². The highest BCUT2D eigenvalue weighted by atomic mass is 19.1. The minimum Gasteiger partial charge on any atom is -0.463 e. The Morgan fingerprint density at radius 1 is 1.17 bits per heavy atom. The van der Waals surface area contributed by atoms with Crippen LogP contribution in [0.1, 0.15) is 40.2 Å². The summed E-state index contributed by atoms with van der Waals surface area (Å²) in [5.74, 6) is -0.744. The van der Waals surface area contributed by atoms with Crippen molar-refractivity contribution in [1.82, 2.24) is 0 Å². The maximum Gasteiger partial charge on any atom is 0.494 e. The summed E-state index contributed by atoms with van der Waals surface area (Å²) in [7, 11) is -0.594. The predicted octanol–water partition coefficient (Wildman–Crippen LogP) is 2.20. The minimum atomic E-state index is -0.594. The molecule has 132 valence electrons. The zero-order valence-electron chi connectivity index (χ0n) is 14.8. The highest BCUT2D eigenvalue weighted by molar-refractivity contribution is 6.62. The lowest BCUT2D eigenvalue weighted by atomic mass is 9.79. The van der Waals surface area contributed by atoms with Crippen LogP contribution in [0.15, 0.2) is 18.2 Å². The zero-order chi connectivity index (χ0) is 18.0. The van der Waals surface area contributed by atoms with E-state index in [0.717, 1.165) is 0 Å². The summed E-state index contributed by atoms with van der Waals surface area (Å²) in [5, 5.41) is 0. The Morgan fingerprint density at radius 2 is 1.79 bits per heavy atom. The highest BCUT2D eigenvalue weighted by Crippen LogP contribution is 2.36. The van der Waals surface area contributed by atoms with Crippen LogP contribution in [0.4, 0.5) is 4.39 Å². The molecular formula is C17H24BFO5. The molecule has 1 fully saturated rings. The van der Waals surface area contributed by atoms with Gasteiger partial charge in [0.25, 0.3) is 0 Å². The van der Waals surface area contributed by atoms with Crippen LogP contribution in [0.3, 0.4) is 0 Å². The molecule has 0 N–H and O–H groups in total. The van der Waals surface area contributed by atoms with Crippen molar-refractivity contribution >= 4 is 18.6 Å². The number of benzene rings is 1. The summed E-state index contributed by atoms with van der Waals surface area (Å²) in [4.78, 5) is 10.6. The molecule has 0 aromatic heterocycles. The number of halogens is 1. The SMILES string of the molecule is CC(=O)OCCOCc1ccc(B2OC(C)(C)C(C)(C)O2)cc1F. The van der Waals surface area contributed by atoms with E-state index in [-0.39, 0.29) is 31.6 Å². The topological polar surface area (TPSA) is 54.0 Å². The van der Waals surface area contributed by atoms with Crippen molar-refractivity contribution in [3.05, 3.63) is 29.6 Å². The van der Waals surface area contributed by atoms with Crippen LogP contribution in [-0.4, -0.2) is 37.5 Å². The van der Waals surface area contributed by atoms with Gasteiger partial charge in [0, 0.05) is 12.5 Å². The number of hydrogen-bond donors (Lipinski definition) is 0. The molecule has 1 aromatic carbocycles. The second-order valence-corrected chi connectivity index (χ2v) is 6.83. The van der Waals surface area contributed by atoms with Crippen molar-refractivity contribution in [1.29, 1.82) is 0 Å². The van der Waals surface area contributed by atoms with E-state index in [1.54, 1.807) is 12.1 Å². The van der Waals surface area contributed by atoms with Crippen LogP contribution < -0.4 is 5.46 Å². The third kappa shape index (κ3) is 4.34. The Balaban J connectivity index is 1.94. The average molecular weight is 338 g/mol. The minimum absolute atomic E-state index is 0.108. The molecule has 0 aliphatic carbocycles. The van der Waals surface area contributed by atoms with E-state index in [4.69, 9.17) is 18.8 Å². The lowest BCUT2D eigenvalue weighted by Crippen LogP contribution is -2.41. The summed E-state index contributed by atoms with van der Waals surface area (Å²) in [6, 6.07) is 4.84.